The molecule has 0 spiro atoms. The fraction of sp³-hybridized carbons (Fsp3) is 0.579. The Balaban J connectivity index is 1.47. The first-order valence-electron chi connectivity index (χ1n) is 8.87. The van der Waals surface area contributed by atoms with Crippen molar-refractivity contribution in [1.29, 1.82) is 5.26 Å². The van der Waals surface area contributed by atoms with Crippen LogP contribution >= 0.6 is 0 Å². The molecule has 1 aromatic carbocycles. The average molecular weight is 342 g/mol. The molecule has 25 heavy (non-hydrogen) atoms. The van der Waals surface area contributed by atoms with Gasteiger partial charge >= 0.3 is 0 Å². The topological polar surface area (TPSA) is 68.6 Å². The molecule has 2 fully saturated rings. The molecule has 134 valence electrons. The lowest BCUT2D eigenvalue weighted by Gasteiger charge is -2.36. The fourth-order valence-corrected chi connectivity index (χ4v) is 3.37. The Morgan fingerprint density at radius 1 is 1.28 bits per heavy atom. The van der Waals surface area contributed by atoms with Crippen molar-refractivity contribution < 1.29 is 9.53 Å². The highest BCUT2D eigenvalue weighted by molar-refractivity contribution is 5.79. The molecule has 1 amide bonds. The first kappa shape index (κ1) is 17.6. The Bertz CT molecular complexity index is 642. The van der Waals surface area contributed by atoms with Gasteiger partial charge in [-0.05, 0) is 49.9 Å². The zero-order valence-corrected chi connectivity index (χ0v) is 15.0. The molecular formula is C19H26N4O2. The fourth-order valence-electron chi connectivity index (χ4n) is 3.37. The molecule has 1 aliphatic heterocycles. The van der Waals surface area contributed by atoms with Crippen LogP contribution in [0.25, 0.3) is 0 Å². The van der Waals surface area contributed by atoms with E-state index in [2.05, 4.69) is 33.3 Å². The van der Waals surface area contributed by atoms with Gasteiger partial charge in [-0.25, -0.2) is 0 Å². The summed E-state index contributed by atoms with van der Waals surface area (Å²) < 4.78 is 5.19. The summed E-state index contributed by atoms with van der Waals surface area (Å²) in [6.07, 6.45) is 2.07. The molecule has 1 heterocycles. The van der Waals surface area contributed by atoms with Gasteiger partial charge in [0.05, 0.1) is 19.7 Å². The van der Waals surface area contributed by atoms with Gasteiger partial charge in [0, 0.05) is 31.9 Å². The first-order chi connectivity index (χ1) is 12.0. The number of piperazine rings is 1. The van der Waals surface area contributed by atoms with Gasteiger partial charge in [0.1, 0.15) is 11.3 Å². The van der Waals surface area contributed by atoms with Crippen molar-refractivity contribution in [2.45, 2.75) is 25.3 Å². The third-order valence-electron chi connectivity index (χ3n) is 5.20. The van der Waals surface area contributed by atoms with Gasteiger partial charge in [-0.2, -0.15) is 5.26 Å². The molecule has 1 atom stereocenters. The van der Waals surface area contributed by atoms with Crippen LogP contribution in [0.1, 0.15) is 19.8 Å². The Morgan fingerprint density at radius 3 is 2.44 bits per heavy atom. The van der Waals surface area contributed by atoms with E-state index in [-0.39, 0.29) is 5.91 Å². The monoisotopic (exact) mass is 342 g/mol. The second kappa shape index (κ2) is 7.32. The van der Waals surface area contributed by atoms with Crippen LogP contribution in [0.2, 0.25) is 0 Å². The van der Waals surface area contributed by atoms with E-state index < -0.39 is 5.54 Å². The molecule has 1 saturated heterocycles. The van der Waals surface area contributed by atoms with Gasteiger partial charge in [0.15, 0.2) is 0 Å². The van der Waals surface area contributed by atoms with Crippen LogP contribution in [-0.4, -0.2) is 56.2 Å². The summed E-state index contributed by atoms with van der Waals surface area (Å²) in [7, 11) is 1.67. The van der Waals surface area contributed by atoms with Crippen molar-refractivity contribution in [2.24, 2.45) is 5.92 Å². The highest BCUT2D eigenvalue weighted by Gasteiger charge is 2.43. The number of hydrogen-bond acceptors (Lipinski definition) is 5. The van der Waals surface area contributed by atoms with Gasteiger partial charge in [-0.3, -0.25) is 9.69 Å². The molecule has 3 rings (SSSR count). The lowest BCUT2D eigenvalue weighted by molar-refractivity contribution is -0.123. The molecule has 0 bridgehead atoms. The van der Waals surface area contributed by atoms with Crippen LogP contribution in [0.3, 0.4) is 0 Å². The summed E-state index contributed by atoms with van der Waals surface area (Å²) in [6, 6.07) is 10.3. The summed E-state index contributed by atoms with van der Waals surface area (Å²) in [5.41, 5.74) is 0.470. The minimum atomic E-state index is -0.706. The lowest BCUT2D eigenvalue weighted by Crippen LogP contribution is -2.53. The van der Waals surface area contributed by atoms with Gasteiger partial charge in [-0.15, -0.1) is 0 Å². The molecule has 1 aromatic rings. The summed E-state index contributed by atoms with van der Waals surface area (Å²) in [6.45, 7) is 5.65. The zero-order chi connectivity index (χ0) is 17.9. The second-order valence-corrected chi connectivity index (χ2v) is 7.10. The maximum atomic E-state index is 12.3. The Kier molecular flexibility index (Phi) is 5.14. The normalized spacial score (nSPS) is 20.4. The molecule has 0 aromatic heterocycles. The van der Waals surface area contributed by atoms with Crippen LogP contribution in [0.15, 0.2) is 24.3 Å². The number of hydrogen-bond donors (Lipinski definition) is 1. The van der Waals surface area contributed by atoms with E-state index in [4.69, 9.17) is 4.74 Å². The molecular weight excluding hydrogens is 316 g/mol. The summed E-state index contributed by atoms with van der Waals surface area (Å²) >= 11 is 0. The maximum Gasteiger partial charge on any atom is 0.235 e. The van der Waals surface area contributed by atoms with Crippen molar-refractivity contribution >= 4 is 11.6 Å². The van der Waals surface area contributed by atoms with E-state index in [1.54, 1.807) is 7.11 Å². The molecule has 1 aliphatic carbocycles. The minimum Gasteiger partial charge on any atom is -0.497 e. The quantitative estimate of drug-likeness (QED) is 0.851. The third-order valence-corrected chi connectivity index (χ3v) is 5.20. The number of methoxy groups -OCH3 is 1. The molecule has 6 heteroatoms. The summed E-state index contributed by atoms with van der Waals surface area (Å²) in [4.78, 5) is 16.8. The largest absolute Gasteiger partial charge is 0.497 e. The summed E-state index contributed by atoms with van der Waals surface area (Å²) in [5, 5.41) is 12.3. The number of anilines is 1. The van der Waals surface area contributed by atoms with E-state index in [1.807, 2.05) is 19.1 Å². The van der Waals surface area contributed by atoms with Crippen LogP contribution in [0.4, 0.5) is 5.69 Å². The molecule has 1 saturated carbocycles. The van der Waals surface area contributed by atoms with E-state index in [0.29, 0.717) is 12.5 Å². The molecule has 1 N–H and O–H groups in total. The first-order valence-corrected chi connectivity index (χ1v) is 8.87. The van der Waals surface area contributed by atoms with Crippen LogP contribution in [0.5, 0.6) is 5.75 Å². The standard InChI is InChI=1S/C19H26N4O2/c1-19(14-20,15-3-4-15)21-18(24)13-22-9-11-23(12-10-22)16-5-7-17(25-2)8-6-16/h5-8,15H,3-4,9-13H2,1-2H3,(H,21,24)/t19-/m1/s1. The van der Waals surface area contributed by atoms with Crippen molar-refractivity contribution in [2.75, 3.05) is 44.7 Å². The van der Waals surface area contributed by atoms with Gasteiger partial charge in [0.2, 0.25) is 5.91 Å². The predicted molar refractivity (Wildman–Crippen MR) is 96.5 cm³/mol. The van der Waals surface area contributed by atoms with Crippen LogP contribution < -0.4 is 15.0 Å². The molecule has 0 unspecified atom stereocenters. The number of rotatable bonds is 6. The molecule has 0 radical (unpaired) electrons. The zero-order valence-electron chi connectivity index (χ0n) is 15.0. The van der Waals surface area contributed by atoms with E-state index in [1.165, 1.54) is 5.69 Å². The van der Waals surface area contributed by atoms with Crippen molar-refractivity contribution in [3.63, 3.8) is 0 Å². The SMILES string of the molecule is COc1ccc(N2CCN(CC(=O)N[C@](C)(C#N)C3CC3)CC2)cc1. The number of benzene rings is 1. The van der Waals surface area contributed by atoms with Crippen molar-refractivity contribution in [1.82, 2.24) is 10.2 Å². The van der Waals surface area contributed by atoms with Crippen LogP contribution in [0, 0.1) is 17.2 Å². The predicted octanol–water partition coefficient (Wildman–Crippen LogP) is 1.63. The maximum absolute atomic E-state index is 12.3. The number of ether oxygens (including phenoxy) is 1. The van der Waals surface area contributed by atoms with Gasteiger partial charge < -0.3 is 15.0 Å². The lowest BCUT2D eigenvalue weighted by atomic mass is 9.98. The number of carbonyl (C=O) groups excluding carboxylic acids is 1. The van der Waals surface area contributed by atoms with Crippen molar-refractivity contribution in [3.05, 3.63) is 24.3 Å². The number of carbonyl (C=O) groups is 1. The third kappa shape index (κ3) is 4.23. The molecule has 6 nitrogen and oxygen atoms in total. The smallest absolute Gasteiger partial charge is 0.235 e. The molecule has 2 aliphatic rings. The Hall–Kier alpha value is -2.26. The van der Waals surface area contributed by atoms with Gasteiger partial charge in [-0.1, -0.05) is 0 Å². The highest BCUT2D eigenvalue weighted by Crippen LogP contribution is 2.39. The number of nitrogens with one attached hydrogen (secondary N) is 1. The number of amides is 1. The Labute approximate surface area is 149 Å². The van der Waals surface area contributed by atoms with Gasteiger partial charge in [0.25, 0.3) is 0 Å². The van der Waals surface area contributed by atoms with E-state index in [0.717, 1.165) is 44.8 Å². The van der Waals surface area contributed by atoms with Crippen LogP contribution in [-0.2, 0) is 4.79 Å². The summed E-state index contributed by atoms with van der Waals surface area (Å²) in [5.74, 6) is 1.12. The minimum absolute atomic E-state index is 0.0474. The number of nitriles is 1. The highest BCUT2D eigenvalue weighted by atomic mass is 16.5. The second-order valence-electron chi connectivity index (χ2n) is 7.10. The Morgan fingerprint density at radius 2 is 1.92 bits per heavy atom. The van der Waals surface area contributed by atoms with E-state index >= 15 is 0 Å². The van der Waals surface area contributed by atoms with E-state index in [9.17, 15) is 10.1 Å². The average Bonchev–Trinajstić information content (AvgIpc) is 3.48. The number of nitrogens with zero attached hydrogens (tertiary/aromatic N) is 3. The van der Waals surface area contributed by atoms with Crippen molar-refractivity contribution in [3.8, 4) is 11.8 Å².